The lowest BCUT2D eigenvalue weighted by Gasteiger charge is -2.10. The van der Waals surface area contributed by atoms with Gasteiger partial charge in [0.15, 0.2) is 0 Å². The maximum atomic E-state index is 12.1. The van der Waals surface area contributed by atoms with Gasteiger partial charge in [-0.15, -0.1) is 4.83 Å². The fraction of sp³-hybridized carbons (Fsp3) is 0.231. The van der Waals surface area contributed by atoms with Gasteiger partial charge in [0.2, 0.25) is 0 Å². The molecule has 0 spiro atoms. The topological polar surface area (TPSA) is 93.1 Å². The number of sulfonamides is 1. The molecule has 0 aliphatic rings. The van der Waals surface area contributed by atoms with Crippen LogP contribution >= 0.6 is 23.2 Å². The Labute approximate surface area is 143 Å². The quantitative estimate of drug-likeness (QED) is 0.778. The zero-order chi connectivity index (χ0) is 17.2. The summed E-state index contributed by atoms with van der Waals surface area (Å²) >= 11 is 11.6. The van der Waals surface area contributed by atoms with E-state index in [-0.39, 0.29) is 21.5 Å². The molecule has 0 saturated heterocycles. The molecule has 2 aromatic rings. The number of aromatic nitrogens is 2. The Bertz CT molecular complexity index is 849. The third kappa shape index (κ3) is 4.44. The van der Waals surface area contributed by atoms with E-state index >= 15 is 0 Å². The molecule has 0 fully saturated rings. The van der Waals surface area contributed by atoms with Crippen molar-refractivity contribution in [3.63, 3.8) is 0 Å². The first-order valence-corrected chi connectivity index (χ1v) is 8.70. The minimum absolute atomic E-state index is 0.00491. The lowest BCUT2D eigenvalue weighted by molar-refractivity contribution is -0.122. The summed E-state index contributed by atoms with van der Waals surface area (Å²) in [7, 11) is -4.03. The van der Waals surface area contributed by atoms with Crippen LogP contribution in [-0.2, 0) is 21.4 Å². The third-order valence-corrected chi connectivity index (χ3v) is 4.87. The number of nitrogens with one attached hydrogen (secondary N) is 2. The molecule has 0 bridgehead atoms. The maximum Gasteiger partial charge on any atom is 0.258 e. The summed E-state index contributed by atoms with van der Waals surface area (Å²) in [6.45, 7) is 3.47. The summed E-state index contributed by atoms with van der Waals surface area (Å²) < 4.78 is 25.7. The van der Waals surface area contributed by atoms with Crippen molar-refractivity contribution in [2.45, 2.75) is 25.3 Å². The van der Waals surface area contributed by atoms with Crippen LogP contribution in [0.1, 0.15) is 11.4 Å². The molecule has 0 saturated carbocycles. The van der Waals surface area contributed by atoms with Crippen LogP contribution < -0.4 is 10.3 Å². The Morgan fingerprint density at radius 1 is 1.26 bits per heavy atom. The number of hydrazine groups is 1. The number of carbonyl (C=O) groups is 1. The largest absolute Gasteiger partial charge is 0.276 e. The zero-order valence-corrected chi connectivity index (χ0v) is 14.6. The summed E-state index contributed by atoms with van der Waals surface area (Å²) in [5.41, 5.74) is 3.67. The van der Waals surface area contributed by atoms with Gasteiger partial charge < -0.3 is 0 Å². The predicted octanol–water partition coefficient (Wildman–Crippen LogP) is 1.82. The molecule has 1 aromatic heterocycles. The van der Waals surface area contributed by atoms with Gasteiger partial charge in [0.25, 0.3) is 15.9 Å². The van der Waals surface area contributed by atoms with Crippen molar-refractivity contribution in [1.82, 2.24) is 20.0 Å². The molecule has 2 rings (SSSR count). The van der Waals surface area contributed by atoms with Crippen molar-refractivity contribution in [3.05, 3.63) is 45.7 Å². The summed E-state index contributed by atoms with van der Waals surface area (Å²) in [5.74, 6) is -0.571. The Kier molecular flexibility index (Phi) is 5.30. The molecular formula is C13H14Cl2N4O3S. The second-order valence-corrected chi connectivity index (χ2v) is 7.31. The van der Waals surface area contributed by atoms with Crippen LogP contribution in [0.15, 0.2) is 29.2 Å². The van der Waals surface area contributed by atoms with Gasteiger partial charge in [-0.3, -0.25) is 14.9 Å². The lowest BCUT2D eigenvalue weighted by Crippen LogP contribution is -2.43. The normalized spacial score (nSPS) is 11.5. The average molecular weight is 377 g/mol. The zero-order valence-electron chi connectivity index (χ0n) is 12.3. The molecule has 0 unspecified atom stereocenters. The minimum Gasteiger partial charge on any atom is -0.276 e. The van der Waals surface area contributed by atoms with Gasteiger partial charge in [-0.05, 0) is 38.1 Å². The molecule has 1 aromatic carbocycles. The van der Waals surface area contributed by atoms with Gasteiger partial charge in [-0.25, -0.2) is 8.42 Å². The van der Waals surface area contributed by atoms with E-state index in [0.29, 0.717) is 0 Å². The van der Waals surface area contributed by atoms with Crippen LogP contribution in [0.25, 0.3) is 0 Å². The Balaban J connectivity index is 2.05. The Morgan fingerprint density at radius 3 is 2.57 bits per heavy atom. The van der Waals surface area contributed by atoms with Crippen molar-refractivity contribution in [2.24, 2.45) is 0 Å². The second kappa shape index (κ2) is 6.88. The molecule has 2 N–H and O–H groups in total. The fourth-order valence-corrected chi connectivity index (χ4v) is 3.50. The van der Waals surface area contributed by atoms with E-state index in [4.69, 9.17) is 23.2 Å². The molecule has 0 aliphatic carbocycles. The van der Waals surface area contributed by atoms with E-state index in [2.05, 4.69) is 10.5 Å². The molecule has 1 amide bonds. The number of aryl methyl sites for hydroxylation is 2. The number of benzene rings is 1. The van der Waals surface area contributed by atoms with Gasteiger partial charge in [0.05, 0.1) is 10.7 Å². The first kappa shape index (κ1) is 17.7. The maximum absolute atomic E-state index is 12.1. The molecule has 0 radical (unpaired) electrons. The number of carbonyl (C=O) groups excluding carboxylic acids is 1. The number of halogens is 2. The van der Waals surface area contributed by atoms with Gasteiger partial charge in [-0.2, -0.15) is 5.10 Å². The van der Waals surface area contributed by atoms with Crippen LogP contribution in [0.3, 0.4) is 0 Å². The number of amides is 1. The van der Waals surface area contributed by atoms with Crippen molar-refractivity contribution in [2.75, 3.05) is 0 Å². The van der Waals surface area contributed by atoms with Crippen molar-refractivity contribution < 1.29 is 13.2 Å². The van der Waals surface area contributed by atoms with Crippen LogP contribution in [0.2, 0.25) is 10.0 Å². The van der Waals surface area contributed by atoms with E-state index in [1.165, 1.54) is 22.9 Å². The molecule has 23 heavy (non-hydrogen) atoms. The molecule has 7 nitrogen and oxygen atoms in total. The third-order valence-electron chi connectivity index (χ3n) is 2.90. The highest BCUT2D eigenvalue weighted by atomic mass is 35.5. The lowest BCUT2D eigenvalue weighted by atomic mass is 10.4. The second-order valence-electron chi connectivity index (χ2n) is 4.81. The van der Waals surface area contributed by atoms with Crippen molar-refractivity contribution in [1.29, 1.82) is 0 Å². The minimum atomic E-state index is -4.03. The van der Waals surface area contributed by atoms with Gasteiger partial charge in [0, 0.05) is 10.7 Å². The fourth-order valence-electron chi connectivity index (χ4n) is 1.87. The average Bonchev–Trinajstić information content (AvgIpc) is 2.77. The molecule has 1 heterocycles. The predicted molar refractivity (Wildman–Crippen MR) is 86.6 cm³/mol. The highest BCUT2D eigenvalue weighted by Crippen LogP contribution is 2.24. The van der Waals surface area contributed by atoms with Crippen molar-refractivity contribution in [3.8, 4) is 0 Å². The van der Waals surface area contributed by atoms with Gasteiger partial charge in [-0.1, -0.05) is 23.2 Å². The molecule has 0 aliphatic heterocycles. The Morgan fingerprint density at radius 2 is 1.96 bits per heavy atom. The van der Waals surface area contributed by atoms with Crippen LogP contribution in [-0.4, -0.2) is 24.1 Å². The number of hydrogen-bond donors (Lipinski definition) is 2. The van der Waals surface area contributed by atoms with Gasteiger partial charge in [0.1, 0.15) is 11.4 Å². The van der Waals surface area contributed by atoms with Crippen LogP contribution in [0, 0.1) is 13.8 Å². The summed E-state index contributed by atoms with van der Waals surface area (Å²) in [5, 5.41) is 4.33. The van der Waals surface area contributed by atoms with E-state index in [1.54, 1.807) is 13.8 Å². The van der Waals surface area contributed by atoms with E-state index < -0.39 is 15.9 Å². The smallest absolute Gasteiger partial charge is 0.258 e. The molecule has 10 heteroatoms. The summed E-state index contributed by atoms with van der Waals surface area (Å²) in [6, 6.07) is 5.82. The number of rotatable bonds is 5. The summed E-state index contributed by atoms with van der Waals surface area (Å²) in [6.07, 6.45) is 0. The first-order valence-electron chi connectivity index (χ1n) is 6.46. The number of hydrogen-bond acceptors (Lipinski definition) is 4. The Hall–Kier alpha value is -1.61. The highest BCUT2D eigenvalue weighted by molar-refractivity contribution is 7.89. The van der Waals surface area contributed by atoms with Gasteiger partial charge >= 0.3 is 0 Å². The first-order chi connectivity index (χ1) is 10.7. The highest BCUT2D eigenvalue weighted by Gasteiger charge is 2.19. The standard InChI is InChI=1S/C13H14Cl2N4O3S/c1-8-5-9(2)19(17-8)7-13(20)16-18-23(21,22)12-6-10(14)3-4-11(12)15/h3-6,18H,7H2,1-2H3,(H,16,20). The summed E-state index contributed by atoms with van der Waals surface area (Å²) in [4.78, 5) is 13.6. The molecular weight excluding hydrogens is 363 g/mol. The van der Waals surface area contributed by atoms with E-state index in [0.717, 1.165) is 11.4 Å². The van der Waals surface area contributed by atoms with Crippen LogP contribution in [0.4, 0.5) is 0 Å². The van der Waals surface area contributed by atoms with E-state index in [1.807, 2.05) is 10.9 Å². The van der Waals surface area contributed by atoms with Crippen molar-refractivity contribution >= 4 is 39.1 Å². The van der Waals surface area contributed by atoms with Crippen LogP contribution in [0.5, 0.6) is 0 Å². The monoisotopic (exact) mass is 376 g/mol. The molecule has 124 valence electrons. The SMILES string of the molecule is Cc1cc(C)n(CC(=O)NNS(=O)(=O)c2cc(Cl)ccc2Cl)n1. The molecule has 0 atom stereocenters. The van der Waals surface area contributed by atoms with E-state index in [9.17, 15) is 13.2 Å². The number of nitrogens with zero attached hydrogens (tertiary/aromatic N) is 2.